The molecular weight excluding hydrogens is 350 g/mol. The van der Waals surface area contributed by atoms with Crippen LogP contribution < -0.4 is 5.73 Å². The van der Waals surface area contributed by atoms with Crippen molar-refractivity contribution in [3.05, 3.63) is 94.5 Å². The summed E-state index contributed by atoms with van der Waals surface area (Å²) in [5.41, 5.74) is 15.5. The van der Waals surface area contributed by atoms with Gasteiger partial charge in [0.2, 0.25) is 0 Å². The van der Waals surface area contributed by atoms with Crippen LogP contribution in [0.15, 0.2) is 66.7 Å². The summed E-state index contributed by atoms with van der Waals surface area (Å²) in [6, 6.07) is 24.3. The zero-order chi connectivity index (χ0) is 20.6. The summed E-state index contributed by atoms with van der Waals surface area (Å²) in [4.78, 5) is 0. The quantitative estimate of drug-likeness (QED) is 0.467. The van der Waals surface area contributed by atoms with Gasteiger partial charge in [-0.2, -0.15) is 0 Å². The van der Waals surface area contributed by atoms with Crippen molar-refractivity contribution in [1.29, 1.82) is 0 Å². The molecule has 0 heterocycles. The highest BCUT2D eigenvalue weighted by molar-refractivity contribution is 5.82. The fraction of sp³-hybridized carbons (Fsp3) is 0.286. The normalized spacial score (nSPS) is 16.4. The summed E-state index contributed by atoms with van der Waals surface area (Å²) in [7, 11) is 0. The van der Waals surface area contributed by atoms with Crippen molar-refractivity contribution in [3.63, 3.8) is 0 Å². The minimum Gasteiger partial charge on any atom is -0.322 e. The molecule has 1 aliphatic carbocycles. The van der Waals surface area contributed by atoms with Crippen molar-refractivity contribution in [1.82, 2.24) is 0 Å². The van der Waals surface area contributed by atoms with Crippen LogP contribution in [0.5, 0.6) is 0 Å². The molecule has 0 aliphatic heterocycles. The van der Waals surface area contributed by atoms with Crippen LogP contribution in [0, 0.1) is 0 Å². The van der Waals surface area contributed by atoms with Crippen LogP contribution in [0.1, 0.15) is 68.4 Å². The first-order valence-corrected chi connectivity index (χ1v) is 10.6. The zero-order valence-electron chi connectivity index (χ0n) is 18.0. The second kappa shape index (κ2) is 7.31. The molecule has 0 bridgehead atoms. The largest absolute Gasteiger partial charge is 0.322 e. The molecule has 148 valence electrons. The number of hydrogen-bond donors (Lipinski definition) is 1. The average Bonchev–Trinajstić information content (AvgIpc) is 2.94. The molecule has 0 saturated carbocycles. The van der Waals surface area contributed by atoms with Crippen molar-refractivity contribution >= 4 is 12.2 Å². The Hall–Kier alpha value is -2.64. The Bertz CT molecular complexity index is 1050. The molecule has 3 aromatic rings. The van der Waals surface area contributed by atoms with Gasteiger partial charge < -0.3 is 5.73 Å². The minimum atomic E-state index is -0.252. The molecule has 0 radical (unpaired) electrons. The highest BCUT2D eigenvalue weighted by Crippen LogP contribution is 2.48. The van der Waals surface area contributed by atoms with Crippen molar-refractivity contribution in [2.24, 2.45) is 5.73 Å². The summed E-state index contributed by atoms with van der Waals surface area (Å²) in [5, 5.41) is 0. The number of nitrogens with two attached hydrogens (primary N) is 1. The van der Waals surface area contributed by atoms with Crippen LogP contribution >= 0.6 is 0 Å². The second-order valence-electron chi connectivity index (χ2n) is 9.10. The van der Waals surface area contributed by atoms with Gasteiger partial charge in [0.05, 0.1) is 0 Å². The maximum atomic E-state index is 6.46. The Balaban J connectivity index is 1.59. The van der Waals surface area contributed by atoms with E-state index >= 15 is 0 Å². The molecule has 4 rings (SSSR count). The second-order valence-corrected chi connectivity index (χ2v) is 9.10. The van der Waals surface area contributed by atoms with Gasteiger partial charge in [-0.25, -0.2) is 0 Å². The third-order valence-electron chi connectivity index (χ3n) is 6.42. The standard InChI is InChI=1S/C28H31N/c1-5-18-28(4,29)22-15-12-20(13-16-22)10-11-21-14-17-24-23-8-6-7-9-25(23)27(2,3)26(24)19-21/h6-17,19H,5,18,29H2,1-4H3/b11-10+. The topological polar surface area (TPSA) is 26.0 Å². The summed E-state index contributed by atoms with van der Waals surface area (Å²) in [6.45, 7) is 8.94. The van der Waals surface area contributed by atoms with Gasteiger partial charge in [0.15, 0.2) is 0 Å². The Morgan fingerprint density at radius 2 is 1.45 bits per heavy atom. The van der Waals surface area contributed by atoms with Crippen molar-refractivity contribution in [2.75, 3.05) is 0 Å². The molecule has 0 aromatic heterocycles. The van der Waals surface area contributed by atoms with Gasteiger partial charge in [-0.15, -0.1) is 0 Å². The van der Waals surface area contributed by atoms with Crippen LogP contribution in [0.4, 0.5) is 0 Å². The lowest BCUT2D eigenvalue weighted by atomic mass is 9.82. The lowest BCUT2D eigenvalue weighted by Crippen LogP contribution is -2.32. The van der Waals surface area contributed by atoms with Gasteiger partial charge in [0, 0.05) is 11.0 Å². The Morgan fingerprint density at radius 3 is 2.17 bits per heavy atom. The first kappa shape index (κ1) is 19.7. The number of benzene rings is 3. The van der Waals surface area contributed by atoms with E-state index in [2.05, 4.69) is 107 Å². The maximum Gasteiger partial charge on any atom is 0.0380 e. The van der Waals surface area contributed by atoms with E-state index in [4.69, 9.17) is 5.73 Å². The lowest BCUT2D eigenvalue weighted by molar-refractivity contribution is 0.447. The van der Waals surface area contributed by atoms with Gasteiger partial charge in [-0.3, -0.25) is 0 Å². The molecule has 1 nitrogen and oxygen atoms in total. The third kappa shape index (κ3) is 3.56. The molecule has 1 heteroatoms. The van der Waals surface area contributed by atoms with E-state index in [-0.39, 0.29) is 11.0 Å². The Kier molecular flexibility index (Phi) is 4.96. The minimum absolute atomic E-state index is 0.0439. The number of rotatable bonds is 5. The first-order valence-electron chi connectivity index (χ1n) is 10.6. The molecular formula is C28H31N. The monoisotopic (exact) mass is 381 g/mol. The predicted octanol–water partition coefficient (Wildman–Crippen LogP) is 7.14. The van der Waals surface area contributed by atoms with E-state index < -0.39 is 0 Å². The molecule has 0 spiro atoms. The van der Waals surface area contributed by atoms with E-state index in [1.165, 1.54) is 38.9 Å². The van der Waals surface area contributed by atoms with Crippen LogP contribution in [0.3, 0.4) is 0 Å². The van der Waals surface area contributed by atoms with Gasteiger partial charge in [-0.1, -0.05) is 106 Å². The highest BCUT2D eigenvalue weighted by Gasteiger charge is 2.34. The van der Waals surface area contributed by atoms with E-state index in [1.807, 2.05) is 0 Å². The number of fused-ring (bicyclic) bond motifs is 3. The Labute approximate surface area is 175 Å². The smallest absolute Gasteiger partial charge is 0.0380 e. The van der Waals surface area contributed by atoms with Gasteiger partial charge >= 0.3 is 0 Å². The van der Waals surface area contributed by atoms with Gasteiger partial charge in [0.25, 0.3) is 0 Å². The van der Waals surface area contributed by atoms with E-state index in [9.17, 15) is 0 Å². The molecule has 1 aliphatic rings. The van der Waals surface area contributed by atoms with Crippen LogP contribution in [0.25, 0.3) is 23.3 Å². The molecule has 0 fully saturated rings. The maximum absolute atomic E-state index is 6.46. The Morgan fingerprint density at radius 1 is 0.828 bits per heavy atom. The highest BCUT2D eigenvalue weighted by atomic mass is 14.7. The van der Waals surface area contributed by atoms with Crippen molar-refractivity contribution in [2.45, 2.75) is 51.5 Å². The van der Waals surface area contributed by atoms with Gasteiger partial charge in [-0.05, 0) is 52.3 Å². The van der Waals surface area contributed by atoms with Crippen molar-refractivity contribution < 1.29 is 0 Å². The fourth-order valence-corrected chi connectivity index (χ4v) is 4.66. The van der Waals surface area contributed by atoms with Crippen LogP contribution in [0.2, 0.25) is 0 Å². The molecule has 0 saturated heterocycles. The van der Waals surface area contributed by atoms with E-state index in [0.29, 0.717) is 0 Å². The summed E-state index contributed by atoms with van der Waals surface area (Å²) in [6.07, 6.45) is 6.49. The first-order chi connectivity index (χ1) is 13.8. The molecule has 2 N–H and O–H groups in total. The molecule has 3 aromatic carbocycles. The molecule has 1 atom stereocenters. The summed E-state index contributed by atoms with van der Waals surface area (Å²) >= 11 is 0. The SMILES string of the molecule is CCCC(C)(N)c1ccc(/C=C/c2ccc3c(c2)C(C)(C)c2ccccc2-3)cc1. The van der Waals surface area contributed by atoms with Crippen molar-refractivity contribution in [3.8, 4) is 11.1 Å². The molecule has 1 unspecified atom stereocenters. The molecule has 29 heavy (non-hydrogen) atoms. The fourth-order valence-electron chi connectivity index (χ4n) is 4.66. The predicted molar refractivity (Wildman–Crippen MR) is 126 cm³/mol. The lowest BCUT2D eigenvalue weighted by Gasteiger charge is -2.24. The van der Waals surface area contributed by atoms with Gasteiger partial charge in [0.1, 0.15) is 0 Å². The zero-order valence-corrected chi connectivity index (χ0v) is 18.0. The third-order valence-corrected chi connectivity index (χ3v) is 6.42. The van der Waals surface area contributed by atoms with E-state index in [0.717, 1.165) is 12.8 Å². The molecule has 0 amide bonds. The summed E-state index contributed by atoms with van der Waals surface area (Å²) in [5.74, 6) is 0. The van der Waals surface area contributed by atoms with Crippen LogP contribution in [-0.2, 0) is 11.0 Å². The van der Waals surface area contributed by atoms with Crippen LogP contribution in [-0.4, -0.2) is 0 Å². The summed E-state index contributed by atoms with van der Waals surface area (Å²) < 4.78 is 0. The van der Waals surface area contributed by atoms with E-state index in [1.54, 1.807) is 0 Å². The number of hydrogen-bond acceptors (Lipinski definition) is 1. The average molecular weight is 382 g/mol.